The minimum absolute atomic E-state index is 0.346. The predicted octanol–water partition coefficient (Wildman–Crippen LogP) is 2.71. The maximum atomic E-state index is 6.90. The molecule has 1 aromatic heterocycles. The van der Waals surface area contributed by atoms with Gasteiger partial charge in [0.2, 0.25) is 0 Å². The van der Waals surface area contributed by atoms with Crippen LogP contribution in [-0.4, -0.2) is 24.4 Å². The Morgan fingerprint density at radius 2 is 1.78 bits per heavy atom. The van der Waals surface area contributed by atoms with Crippen molar-refractivity contribution in [1.29, 1.82) is 0 Å². The summed E-state index contributed by atoms with van der Waals surface area (Å²) in [6, 6.07) is 8.87. The van der Waals surface area contributed by atoms with Gasteiger partial charge in [-0.2, -0.15) is 0 Å². The van der Waals surface area contributed by atoms with E-state index in [1.165, 1.54) is 7.11 Å². The molecule has 18 heavy (non-hydrogen) atoms. The highest BCUT2D eigenvalue weighted by molar-refractivity contribution is 5.64. The normalized spacial score (nSPS) is 9.61. The monoisotopic (exact) mass is 241 g/mol. The molecular weight excluding hydrogens is 230 g/mol. The molecule has 0 N–H and O–H groups in total. The van der Waals surface area contributed by atoms with Crippen molar-refractivity contribution in [2.75, 3.05) is 14.2 Å². The smallest absolute Gasteiger partial charge is 0.276 e. The number of ether oxygens (including phenoxy) is 2. The first-order valence-corrected chi connectivity index (χ1v) is 5.22. The van der Waals surface area contributed by atoms with Gasteiger partial charge in [0.25, 0.3) is 5.88 Å². The Balaban J connectivity index is 2.41. The van der Waals surface area contributed by atoms with Gasteiger partial charge in [0.1, 0.15) is 0 Å². The highest BCUT2D eigenvalue weighted by atomic mass is 16.5. The number of rotatable bonds is 3. The van der Waals surface area contributed by atoms with Crippen LogP contribution in [0.25, 0.3) is 16.1 Å². The topological polar surface area (TPSA) is 48.6 Å². The molecule has 0 amide bonds. The van der Waals surface area contributed by atoms with Gasteiger partial charge in [-0.15, -0.1) is 10.2 Å². The molecule has 0 bridgehead atoms. The summed E-state index contributed by atoms with van der Waals surface area (Å²) in [5, 5.41) is 7.98. The van der Waals surface area contributed by atoms with Crippen molar-refractivity contribution in [3.8, 4) is 22.9 Å². The second kappa shape index (κ2) is 5.15. The van der Waals surface area contributed by atoms with Gasteiger partial charge in [-0.05, 0) is 5.56 Å². The Hall–Kier alpha value is -2.61. The molecule has 1 heterocycles. The molecule has 2 aromatic rings. The molecular formula is C13H11N3O2. The quantitative estimate of drug-likeness (QED) is 0.775. The summed E-state index contributed by atoms with van der Waals surface area (Å²) in [5.41, 5.74) is 2.13. The maximum Gasteiger partial charge on any atom is 0.276 e. The van der Waals surface area contributed by atoms with E-state index in [4.69, 9.17) is 16.0 Å². The van der Waals surface area contributed by atoms with Crippen molar-refractivity contribution in [1.82, 2.24) is 10.2 Å². The van der Waals surface area contributed by atoms with Crippen LogP contribution in [0.3, 0.4) is 0 Å². The van der Waals surface area contributed by atoms with E-state index in [-0.39, 0.29) is 0 Å². The standard InChI is InChI=1S/C13H11N3O2/c1-14-10-6-4-9(5-7-10)11-8-12(17-2)13(18-3)16-15-11/h4-8H,2-3H3. The van der Waals surface area contributed by atoms with E-state index in [2.05, 4.69) is 15.0 Å². The highest BCUT2D eigenvalue weighted by Crippen LogP contribution is 2.28. The zero-order valence-electron chi connectivity index (χ0n) is 10.0. The van der Waals surface area contributed by atoms with Crippen LogP contribution in [0.4, 0.5) is 5.69 Å². The number of hydrogen-bond donors (Lipinski definition) is 0. The van der Waals surface area contributed by atoms with E-state index in [1.807, 2.05) is 12.1 Å². The lowest BCUT2D eigenvalue weighted by atomic mass is 10.1. The summed E-state index contributed by atoms with van der Waals surface area (Å²) in [5.74, 6) is 0.871. The third kappa shape index (κ3) is 2.23. The van der Waals surface area contributed by atoms with Gasteiger partial charge < -0.3 is 9.47 Å². The summed E-state index contributed by atoms with van der Waals surface area (Å²) < 4.78 is 10.2. The third-order valence-corrected chi connectivity index (χ3v) is 2.43. The third-order valence-electron chi connectivity index (χ3n) is 2.43. The molecule has 2 rings (SSSR count). The van der Waals surface area contributed by atoms with Crippen molar-refractivity contribution < 1.29 is 9.47 Å². The molecule has 0 aliphatic carbocycles. The molecule has 0 radical (unpaired) electrons. The van der Waals surface area contributed by atoms with Crippen LogP contribution in [-0.2, 0) is 0 Å². The molecule has 90 valence electrons. The lowest BCUT2D eigenvalue weighted by Crippen LogP contribution is -1.97. The fourth-order valence-corrected chi connectivity index (χ4v) is 1.50. The van der Waals surface area contributed by atoms with E-state index in [1.54, 1.807) is 25.3 Å². The van der Waals surface area contributed by atoms with Gasteiger partial charge in [-0.1, -0.05) is 24.3 Å². The summed E-state index contributed by atoms with van der Waals surface area (Å²) in [7, 11) is 3.06. The number of nitrogens with zero attached hydrogens (tertiary/aromatic N) is 3. The van der Waals surface area contributed by atoms with Crippen molar-refractivity contribution in [2.45, 2.75) is 0 Å². The molecule has 0 unspecified atom stereocenters. The second-order valence-electron chi connectivity index (χ2n) is 3.47. The summed E-state index contributed by atoms with van der Waals surface area (Å²) in [4.78, 5) is 3.34. The van der Waals surface area contributed by atoms with Gasteiger partial charge in [0, 0.05) is 6.07 Å². The van der Waals surface area contributed by atoms with Crippen LogP contribution in [0.2, 0.25) is 0 Å². The number of aromatic nitrogens is 2. The van der Waals surface area contributed by atoms with E-state index in [0.29, 0.717) is 23.0 Å². The summed E-state index contributed by atoms with van der Waals surface area (Å²) in [6.45, 7) is 6.90. The molecule has 5 heteroatoms. The fourth-order valence-electron chi connectivity index (χ4n) is 1.50. The zero-order chi connectivity index (χ0) is 13.0. The molecule has 0 saturated carbocycles. The lowest BCUT2D eigenvalue weighted by molar-refractivity contribution is 0.338. The van der Waals surface area contributed by atoms with Crippen LogP contribution >= 0.6 is 0 Å². The average Bonchev–Trinajstić information content (AvgIpc) is 2.46. The van der Waals surface area contributed by atoms with E-state index in [9.17, 15) is 0 Å². The summed E-state index contributed by atoms with van der Waals surface area (Å²) in [6.07, 6.45) is 0. The van der Waals surface area contributed by atoms with Crippen molar-refractivity contribution >= 4 is 5.69 Å². The molecule has 1 aromatic carbocycles. The first-order valence-electron chi connectivity index (χ1n) is 5.22. The van der Waals surface area contributed by atoms with Gasteiger partial charge in [-0.25, -0.2) is 4.85 Å². The SMILES string of the molecule is [C-]#[N+]c1ccc(-c2cc(OC)c(OC)nn2)cc1. The van der Waals surface area contributed by atoms with Crippen LogP contribution in [0.5, 0.6) is 11.6 Å². The first-order chi connectivity index (χ1) is 8.78. The minimum Gasteiger partial charge on any atom is -0.491 e. The van der Waals surface area contributed by atoms with Crippen molar-refractivity contribution in [3.63, 3.8) is 0 Å². The first kappa shape index (κ1) is 11.9. The van der Waals surface area contributed by atoms with E-state index in [0.717, 1.165) is 5.56 Å². The number of hydrogen-bond acceptors (Lipinski definition) is 4. The predicted molar refractivity (Wildman–Crippen MR) is 66.8 cm³/mol. The fraction of sp³-hybridized carbons (Fsp3) is 0.154. The number of benzene rings is 1. The molecule has 5 nitrogen and oxygen atoms in total. The second-order valence-corrected chi connectivity index (χ2v) is 3.47. The molecule has 0 aliphatic rings. The Morgan fingerprint density at radius 1 is 1.06 bits per heavy atom. The van der Waals surface area contributed by atoms with Crippen LogP contribution in [0.15, 0.2) is 30.3 Å². The van der Waals surface area contributed by atoms with E-state index < -0.39 is 0 Å². The van der Waals surface area contributed by atoms with E-state index >= 15 is 0 Å². The van der Waals surface area contributed by atoms with Gasteiger partial charge in [0.05, 0.1) is 26.5 Å². The lowest BCUT2D eigenvalue weighted by Gasteiger charge is -2.07. The Morgan fingerprint density at radius 3 is 2.33 bits per heavy atom. The van der Waals surface area contributed by atoms with Gasteiger partial charge in [-0.3, -0.25) is 0 Å². The highest BCUT2D eigenvalue weighted by Gasteiger charge is 2.09. The van der Waals surface area contributed by atoms with Crippen molar-refractivity contribution in [2.24, 2.45) is 0 Å². The van der Waals surface area contributed by atoms with Gasteiger partial charge >= 0.3 is 0 Å². The van der Waals surface area contributed by atoms with Crippen molar-refractivity contribution in [3.05, 3.63) is 41.7 Å². The Labute approximate surface area is 105 Å². The molecule has 0 saturated heterocycles. The molecule has 0 fully saturated rings. The van der Waals surface area contributed by atoms with Crippen LogP contribution in [0, 0.1) is 6.57 Å². The molecule has 0 atom stereocenters. The molecule has 0 aliphatic heterocycles. The largest absolute Gasteiger partial charge is 0.491 e. The van der Waals surface area contributed by atoms with Gasteiger partial charge in [0.15, 0.2) is 11.4 Å². The van der Waals surface area contributed by atoms with Crippen LogP contribution in [0.1, 0.15) is 0 Å². The number of methoxy groups -OCH3 is 2. The average molecular weight is 241 g/mol. The maximum absolute atomic E-state index is 6.90. The molecule has 0 spiro atoms. The Kier molecular flexibility index (Phi) is 3.39. The Bertz CT molecular complexity index is 588. The zero-order valence-corrected chi connectivity index (χ0v) is 10.0. The summed E-state index contributed by atoms with van der Waals surface area (Å²) >= 11 is 0. The minimum atomic E-state index is 0.346. The van der Waals surface area contributed by atoms with Crippen LogP contribution < -0.4 is 9.47 Å².